The zero-order valence-corrected chi connectivity index (χ0v) is 17.0. The molecule has 0 saturated heterocycles. The number of fused-ring (bicyclic) bond motifs is 1. The van der Waals surface area contributed by atoms with E-state index in [9.17, 15) is 14.4 Å². The van der Waals surface area contributed by atoms with E-state index in [0.717, 1.165) is 21.7 Å². The first-order valence-corrected chi connectivity index (χ1v) is 9.99. The van der Waals surface area contributed by atoms with Crippen LogP contribution in [0.1, 0.15) is 17.5 Å². The Morgan fingerprint density at radius 2 is 1.86 bits per heavy atom. The lowest BCUT2D eigenvalue weighted by Gasteiger charge is -2.23. The van der Waals surface area contributed by atoms with Gasteiger partial charge in [0.1, 0.15) is 0 Å². The number of benzene rings is 2. The normalized spacial score (nSPS) is 15.4. The minimum atomic E-state index is -0.560. The third-order valence-electron chi connectivity index (χ3n) is 4.32. The van der Waals surface area contributed by atoms with Gasteiger partial charge < -0.3 is 16.0 Å². The van der Waals surface area contributed by atoms with Gasteiger partial charge in [0.05, 0.1) is 17.5 Å². The standard InChI is InChI=1S/C20H20ClN3O3S/c1-11-4-3-5-12(2)19(11)24-18(26)10-22-17(25)9-16-20(27)23-14-8-13(21)6-7-15(14)28-16/h3-8,16H,9-10H2,1-2H3,(H,22,25)(H,23,27)(H,24,26)/t16-/m0/s1. The van der Waals surface area contributed by atoms with Crippen molar-refractivity contribution in [1.29, 1.82) is 0 Å². The van der Waals surface area contributed by atoms with Crippen molar-refractivity contribution >= 4 is 52.5 Å². The van der Waals surface area contributed by atoms with E-state index in [4.69, 9.17) is 11.6 Å². The third-order valence-corrected chi connectivity index (χ3v) is 5.83. The summed E-state index contributed by atoms with van der Waals surface area (Å²) >= 11 is 7.24. The van der Waals surface area contributed by atoms with Crippen molar-refractivity contribution < 1.29 is 14.4 Å². The zero-order valence-electron chi connectivity index (χ0n) is 15.5. The van der Waals surface area contributed by atoms with Crippen LogP contribution in [-0.2, 0) is 14.4 Å². The minimum absolute atomic E-state index is 0.0186. The van der Waals surface area contributed by atoms with Gasteiger partial charge in [-0.1, -0.05) is 29.8 Å². The Bertz CT molecular complexity index is 928. The monoisotopic (exact) mass is 417 g/mol. The van der Waals surface area contributed by atoms with Crippen molar-refractivity contribution in [2.75, 3.05) is 17.2 Å². The average Bonchev–Trinajstić information content (AvgIpc) is 2.64. The number of amides is 3. The fourth-order valence-electron chi connectivity index (χ4n) is 2.87. The SMILES string of the molecule is Cc1cccc(C)c1NC(=O)CNC(=O)C[C@@H]1Sc2ccc(Cl)cc2NC1=O. The van der Waals surface area contributed by atoms with Crippen LogP contribution in [0.15, 0.2) is 41.3 Å². The first-order valence-electron chi connectivity index (χ1n) is 8.73. The molecule has 3 rings (SSSR count). The summed E-state index contributed by atoms with van der Waals surface area (Å²) < 4.78 is 0. The van der Waals surface area contributed by atoms with E-state index in [-0.39, 0.29) is 30.7 Å². The molecule has 0 radical (unpaired) electrons. The number of thioether (sulfide) groups is 1. The molecule has 1 aliphatic heterocycles. The number of carbonyl (C=O) groups excluding carboxylic acids is 3. The van der Waals surface area contributed by atoms with Gasteiger partial charge in [0.15, 0.2) is 0 Å². The topological polar surface area (TPSA) is 87.3 Å². The summed E-state index contributed by atoms with van der Waals surface area (Å²) in [5.74, 6) is -0.928. The minimum Gasteiger partial charge on any atom is -0.347 e. The predicted molar refractivity (Wildman–Crippen MR) is 112 cm³/mol. The zero-order chi connectivity index (χ0) is 20.3. The second kappa shape index (κ2) is 8.67. The number of para-hydroxylation sites is 1. The van der Waals surface area contributed by atoms with Gasteiger partial charge >= 0.3 is 0 Å². The van der Waals surface area contributed by atoms with Crippen LogP contribution >= 0.6 is 23.4 Å². The summed E-state index contributed by atoms with van der Waals surface area (Å²) in [6.45, 7) is 3.66. The molecular weight excluding hydrogens is 398 g/mol. The lowest BCUT2D eigenvalue weighted by Crippen LogP contribution is -2.38. The molecule has 3 amide bonds. The Kier molecular flexibility index (Phi) is 6.26. The van der Waals surface area contributed by atoms with E-state index in [2.05, 4.69) is 16.0 Å². The summed E-state index contributed by atoms with van der Waals surface area (Å²) in [6, 6.07) is 11.0. The number of aryl methyl sites for hydroxylation is 2. The number of rotatable bonds is 5. The molecular formula is C20H20ClN3O3S. The van der Waals surface area contributed by atoms with Gasteiger partial charge in [0.2, 0.25) is 17.7 Å². The Labute approximate surface area is 172 Å². The van der Waals surface area contributed by atoms with Crippen molar-refractivity contribution in [3.05, 3.63) is 52.5 Å². The second-order valence-corrected chi connectivity index (χ2v) is 8.21. The smallest absolute Gasteiger partial charge is 0.243 e. The lowest BCUT2D eigenvalue weighted by molar-refractivity contribution is -0.125. The van der Waals surface area contributed by atoms with Crippen LogP contribution < -0.4 is 16.0 Å². The van der Waals surface area contributed by atoms with Crippen LogP contribution in [0.3, 0.4) is 0 Å². The first-order chi connectivity index (χ1) is 13.3. The van der Waals surface area contributed by atoms with Crippen LogP contribution in [0.4, 0.5) is 11.4 Å². The molecule has 0 fully saturated rings. The fraction of sp³-hybridized carbons (Fsp3) is 0.250. The Hall–Kier alpha value is -2.51. The van der Waals surface area contributed by atoms with Crippen LogP contribution in [0, 0.1) is 13.8 Å². The van der Waals surface area contributed by atoms with Crippen LogP contribution in [0.2, 0.25) is 5.02 Å². The first kappa shape index (κ1) is 20.2. The van der Waals surface area contributed by atoms with Gasteiger partial charge in [0, 0.05) is 22.0 Å². The van der Waals surface area contributed by atoms with Crippen molar-refractivity contribution in [2.45, 2.75) is 30.4 Å². The number of hydrogen-bond donors (Lipinski definition) is 3. The largest absolute Gasteiger partial charge is 0.347 e. The van der Waals surface area contributed by atoms with Crippen LogP contribution in [0.5, 0.6) is 0 Å². The summed E-state index contributed by atoms with van der Waals surface area (Å²) in [4.78, 5) is 37.4. The molecule has 0 aromatic heterocycles. The van der Waals surface area contributed by atoms with Gasteiger partial charge in [-0.25, -0.2) is 0 Å². The average molecular weight is 418 g/mol. The van der Waals surface area contributed by atoms with Crippen LogP contribution in [-0.4, -0.2) is 29.5 Å². The van der Waals surface area contributed by atoms with E-state index >= 15 is 0 Å². The van der Waals surface area contributed by atoms with E-state index in [0.29, 0.717) is 10.7 Å². The number of hydrogen-bond acceptors (Lipinski definition) is 4. The Balaban J connectivity index is 1.52. The number of halogens is 1. The van der Waals surface area contributed by atoms with E-state index in [1.807, 2.05) is 38.1 Å². The quantitative estimate of drug-likeness (QED) is 0.694. The maximum absolute atomic E-state index is 12.2. The van der Waals surface area contributed by atoms with Gasteiger partial charge in [-0.2, -0.15) is 0 Å². The molecule has 0 saturated carbocycles. The number of carbonyl (C=O) groups is 3. The maximum atomic E-state index is 12.2. The molecule has 1 heterocycles. The van der Waals surface area contributed by atoms with Crippen molar-refractivity contribution in [3.8, 4) is 0 Å². The van der Waals surface area contributed by atoms with Crippen molar-refractivity contribution in [1.82, 2.24) is 5.32 Å². The highest BCUT2D eigenvalue weighted by molar-refractivity contribution is 8.01. The van der Waals surface area contributed by atoms with Gasteiger partial charge in [-0.3, -0.25) is 14.4 Å². The molecule has 28 heavy (non-hydrogen) atoms. The number of anilines is 2. The molecule has 0 unspecified atom stereocenters. The molecule has 0 aliphatic carbocycles. The van der Waals surface area contributed by atoms with Gasteiger partial charge in [-0.05, 0) is 43.2 Å². The molecule has 1 aliphatic rings. The molecule has 2 aromatic carbocycles. The molecule has 6 nitrogen and oxygen atoms in total. The highest BCUT2D eigenvalue weighted by Gasteiger charge is 2.29. The van der Waals surface area contributed by atoms with E-state index < -0.39 is 5.25 Å². The van der Waals surface area contributed by atoms with Crippen molar-refractivity contribution in [3.63, 3.8) is 0 Å². The summed E-state index contributed by atoms with van der Waals surface area (Å²) in [5.41, 5.74) is 3.30. The molecule has 1 atom stereocenters. The van der Waals surface area contributed by atoms with Gasteiger partial charge in [0.25, 0.3) is 0 Å². The maximum Gasteiger partial charge on any atom is 0.243 e. The van der Waals surface area contributed by atoms with Gasteiger partial charge in [-0.15, -0.1) is 11.8 Å². The number of nitrogens with one attached hydrogen (secondary N) is 3. The fourth-order valence-corrected chi connectivity index (χ4v) is 4.13. The Morgan fingerprint density at radius 3 is 2.57 bits per heavy atom. The summed E-state index contributed by atoms with van der Waals surface area (Å²) in [5, 5.41) is 8.13. The van der Waals surface area contributed by atoms with Crippen LogP contribution in [0.25, 0.3) is 0 Å². The van der Waals surface area contributed by atoms with E-state index in [1.54, 1.807) is 12.1 Å². The lowest BCUT2D eigenvalue weighted by atomic mass is 10.1. The summed E-state index contributed by atoms with van der Waals surface area (Å²) in [7, 11) is 0. The molecule has 146 valence electrons. The molecule has 8 heteroatoms. The molecule has 2 aromatic rings. The molecule has 0 bridgehead atoms. The van der Waals surface area contributed by atoms with E-state index in [1.165, 1.54) is 11.8 Å². The van der Waals surface area contributed by atoms with Crippen molar-refractivity contribution in [2.24, 2.45) is 0 Å². The molecule has 0 spiro atoms. The summed E-state index contributed by atoms with van der Waals surface area (Å²) in [6.07, 6.45) is -0.0186. The predicted octanol–water partition coefficient (Wildman–Crippen LogP) is 3.51. The molecule has 3 N–H and O–H groups in total. The second-order valence-electron chi connectivity index (χ2n) is 6.53. The third kappa shape index (κ3) is 4.85. The highest BCUT2D eigenvalue weighted by Crippen LogP contribution is 2.38. The highest BCUT2D eigenvalue weighted by atomic mass is 35.5. The Morgan fingerprint density at radius 1 is 1.14 bits per heavy atom.